The van der Waals surface area contributed by atoms with E-state index in [1.165, 1.54) is 0 Å². The third-order valence-electron chi connectivity index (χ3n) is 4.89. The van der Waals surface area contributed by atoms with Crippen LogP contribution in [0.1, 0.15) is 10.8 Å². The number of hydrogen-bond acceptors (Lipinski definition) is 7. The monoisotopic (exact) mass is 381 g/mol. The number of piperazine rings is 1. The van der Waals surface area contributed by atoms with Crippen molar-refractivity contribution in [3.8, 4) is 10.4 Å². The second-order valence-electron chi connectivity index (χ2n) is 7.10. The number of carbonyl (C=O) groups is 1. The molecule has 140 valence electrons. The lowest BCUT2D eigenvalue weighted by atomic mass is 10.1. The molecule has 1 aliphatic heterocycles. The zero-order chi connectivity index (χ0) is 18.8. The molecule has 4 rings (SSSR count). The van der Waals surface area contributed by atoms with Gasteiger partial charge >= 0.3 is 0 Å². The van der Waals surface area contributed by atoms with Crippen LogP contribution in [0.5, 0.6) is 0 Å². The molecule has 0 saturated carbocycles. The van der Waals surface area contributed by atoms with Gasteiger partial charge in [0.15, 0.2) is 5.78 Å². The molecule has 0 unspecified atom stereocenters. The second-order valence-corrected chi connectivity index (χ2v) is 8.33. The molecule has 7 heteroatoms. The van der Waals surface area contributed by atoms with E-state index in [0.29, 0.717) is 12.4 Å². The molecule has 0 spiro atoms. The first-order valence-electron chi connectivity index (χ1n) is 9.18. The largest absolute Gasteiger partial charge is 0.304 e. The molecule has 6 nitrogen and oxygen atoms in total. The lowest BCUT2D eigenvalue weighted by molar-refractivity contribution is -0.120. The van der Waals surface area contributed by atoms with E-state index in [1.54, 1.807) is 11.3 Å². The Labute approximate surface area is 162 Å². The molecule has 2 aromatic heterocycles. The first kappa shape index (κ1) is 18.2. The van der Waals surface area contributed by atoms with Crippen molar-refractivity contribution in [2.45, 2.75) is 13.3 Å². The third-order valence-corrected chi connectivity index (χ3v) is 5.85. The van der Waals surface area contributed by atoms with E-state index in [2.05, 4.69) is 43.9 Å². The third kappa shape index (κ3) is 4.37. The molecular formula is C20H23N5OS. The number of likely N-dealkylation sites (N-methyl/N-ethyl adjacent to an activating group) is 1. The average Bonchev–Trinajstić information content (AvgIpc) is 3.09. The molecule has 1 aliphatic rings. The van der Waals surface area contributed by atoms with Gasteiger partial charge < -0.3 is 4.90 Å². The average molecular weight is 382 g/mol. The highest BCUT2D eigenvalue weighted by atomic mass is 32.1. The fraction of sp³-hybridized carbons (Fsp3) is 0.400. The number of aryl methyl sites for hydroxylation is 1. The molecule has 0 atom stereocenters. The van der Waals surface area contributed by atoms with Gasteiger partial charge in [-0.05, 0) is 25.6 Å². The maximum Gasteiger partial charge on any atom is 0.154 e. The van der Waals surface area contributed by atoms with Crippen molar-refractivity contribution in [1.29, 1.82) is 0 Å². The number of fused-ring (bicyclic) bond motifs is 1. The van der Waals surface area contributed by atoms with Crippen LogP contribution in [-0.2, 0) is 11.2 Å². The highest BCUT2D eigenvalue weighted by molar-refractivity contribution is 7.15. The predicted octanol–water partition coefficient (Wildman–Crippen LogP) is 2.42. The summed E-state index contributed by atoms with van der Waals surface area (Å²) in [5.74, 6) is 0.771. The molecule has 0 aliphatic carbocycles. The maximum absolute atomic E-state index is 12.4. The quantitative estimate of drug-likeness (QED) is 0.676. The Morgan fingerprint density at radius 2 is 1.96 bits per heavy atom. The van der Waals surface area contributed by atoms with Crippen LogP contribution in [0.25, 0.3) is 21.3 Å². The lowest BCUT2D eigenvalue weighted by Gasteiger charge is -2.31. The summed E-state index contributed by atoms with van der Waals surface area (Å²) in [5.41, 5.74) is 1.97. The number of aromatic nitrogens is 3. The first-order chi connectivity index (χ1) is 13.1. The summed E-state index contributed by atoms with van der Waals surface area (Å²) in [4.78, 5) is 31.4. The summed E-state index contributed by atoms with van der Waals surface area (Å²) in [6.45, 7) is 6.40. The molecule has 0 radical (unpaired) electrons. The summed E-state index contributed by atoms with van der Waals surface area (Å²) >= 11 is 1.67. The van der Waals surface area contributed by atoms with Crippen molar-refractivity contribution in [3.63, 3.8) is 0 Å². The fourth-order valence-corrected chi connectivity index (χ4v) is 4.06. The Bertz CT molecular complexity index is 962. The van der Waals surface area contributed by atoms with Gasteiger partial charge in [-0.25, -0.2) is 15.0 Å². The van der Waals surface area contributed by atoms with Gasteiger partial charge in [-0.2, -0.15) is 0 Å². The number of nitrogens with zero attached hydrogens (tertiary/aromatic N) is 5. The van der Waals surface area contributed by atoms with Crippen molar-refractivity contribution in [2.75, 3.05) is 39.8 Å². The standard InChI is InChI=1S/C20H23N5OS/c1-14-21-12-19(27-14)15-3-4-16-11-22-20(23-18(16)9-15)10-17(26)13-25-7-5-24(2)6-8-25/h3-4,9,11-12H,5-8,10,13H2,1-2H3. The molecule has 1 saturated heterocycles. The topological polar surface area (TPSA) is 62.2 Å². The minimum Gasteiger partial charge on any atom is -0.304 e. The number of rotatable bonds is 5. The lowest BCUT2D eigenvalue weighted by Crippen LogP contribution is -2.46. The van der Waals surface area contributed by atoms with Crippen LogP contribution >= 0.6 is 11.3 Å². The van der Waals surface area contributed by atoms with Crippen molar-refractivity contribution in [2.24, 2.45) is 0 Å². The van der Waals surface area contributed by atoms with Crippen molar-refractivity contribution in [1.82, 2.24) is 24.8 Å². The summed E-state index contributed by atoms with van der Waals surface area (Å²) < 4.78 is 0. The zero-order valence-electron chi connectivity index (χ0n) is 15.7. The minimum absolute atomic E-state index is 0.174. The number of hydrogen-bond donors (Lipinski definition) is 0. The molecule has 1 fully saturated rings. The normalized spacial score (nSPS) is 16.1. The zero-order valence-corrected chi connectivity index (χ0v) is 16.5. The van der Waals surface area contributed by atoms with Gasteiger partial charge in [-0.1, -0.05) is 12.1 Å². The minimum atomic E-state index is 0.174. The van der Waals surface area contributed by atoms with Crippen LogP contribution in [0, 0.1) is 6.92 Å². The summed E-state index contributed by atoms with van der Waals surface area (Å²) in [7, 11) is 2.11. The summed E-state index contributed by atoms with van der Waals surface area (Å²) in [6.07, 6.45) is 3.98. The van der Waals surface area contributed by atoms with Crippen LogP contribution in [0.3, 0.4) is 0 Å². The van der Waals surface area contributed by atoms with Crippen LogP contribution in [-0.4, -0.2) is 70.3 Å². The van der Waals surface area contributed by atoms with E-state index in [1.807, 2.05) is 25.4 Å². The van der Waals surface area contributed by atoms with Crippen LogP contribution < -0.4 is 0 Å². The van der Waals surface area contributed by atoms with Gasteiger partial charge in [-0.15, -0.1) is 11.3 Å². The molecule has 1 aromatic carbocycles. The van der Waals surface area contributed by atoms with E-state index in [0.717, 1.165) is 52.5 Å². The molecule has 3 heterocycles. The predicted molar refractivity (Wildman–Crippen MR) is 108 cm³/mol. The van der Waals surface area contributed by atoms with Gasteiger partial charge in [0.05, 0.1) is 28.4 Å². The Hall–Kier alpha value is -2.22. The number of Topliss-reactive ketones (excluding diaryl/α,β-unsaturated/α-hetero) is 1. The van der Waals surface area contributed by atoms with Gasteiger partial charge in [0.1, 0.15) is 5.82 Å². The van der Waals surface area contributed by atoms with Crippen molar-refractivity contribution in [3.05, 3.63) is 41.4 Å². The molecule has 3 aromatic rings. The van der Waals surface area contributed by atoms with Crippen molar-refractivity contribution >= 4 is 28.0 Å². The Morgan fingerprint density at radius 1 is 1.15 bits per heavy atom. The first-order valence-corrected chi connectivity index (χ1v) is 9.99. The SMILES string of the molecule is Cc1ncc(-c2ccc3cnc(CC(=O)CN4CCN(C)CC4)nc3c2)s1. The van der Waals surface area contributed by atoms with Gasteiger partial charge in [-0.3, -0.25) is 9.69 Å². The molecule has 0 bridgehead atoms. The fourth-order valence-electron chi connectivity index (χ4n) is 3.28. The van der Waals surface area contributed by atoms with E-state index in [-0.39, 0.29) is 12.2 Å². The number of thiazole rings is 1. The number of benzene rings is 1. The highest BCUT2D eigenvalue weighted by Crippen LogP contribution is 2.28. The summed E-state index contributed by atoms with van der Waals surface area (Å²) in [5, 5.41) is 2.03. The second kappa shape index (κ2) is 7.80. The number of ketones is 1. The Kier molecular flexibility index (Phi) is 5.24. The molecule has 0 amide bonds. The Morgan fingerprint density at radius 3 is 2.70 bits per heavy atom. The van der Waals surface area contributed by atoms with E-state index < -0.39 is 0 Å². The van der Waals surface area contributed by atoms with Crippen molar-refractivity contribution < 1.29 is 4.79 Å². The maximum atomic E-state index is 12.4. The molecule has 27 heavy (non-hydrogen) atoms. The molecular weight excluding hydrogens is 358 g/mol. The Balaban J connectivity index is 1.48. The van der Waals surface area contributed by atoms with E-state index >= 15 is 0 Å². The van der Waals surface area contributed by atoms with Gasteiger partial charge in [0.2, 0.25) is 0 Å². The van der Waals surface area contributed by atoms with Gasteiger partial charge in [0, 0.05) is 44.0 Å². The van der Waals surface area contributed by atoms with Crippen LogP contribution in [0.2, 0.25) is 0 Å². The summed E-state index contributed by atoms with van der Waals surface area (Å²) in [6, 6.07) is 6.14. The van der Waals surface area contributed by atoms with E-state index in [4.69, 9.17) is 0 Å². The van der Waals surface area contributed by atoms with E-state index in [9.17, 15) is 4.79 Å². The number of carbonyl (C=O) groups excluding carboxylic acids is 1. The highest BCUT2D eigenvalue weighted by Gasteiger charge is 2.17. The van der Waals surface area contributed by atoms with Gasteiger partial charge in [0.25, 0.3) is 0 Å². The molecule has 0 N–H and O–H groups in total. The van der Waals surface area contributed by atoms with Crippen LogP contribution in [0.15, 0.2) is 30.6 Å². The van der Waals surface area contributed by atoms with Crippen LogP contribution in [0.4, 0.5) is 0 Å². The smallest absolute Gasteiger partial charge is 0.154 e.